The molecule has 0 bridgehead atoms. The Balaban J connectivity index is 1.52. The van der Waals surface area contributed by atoms with E-state index in [4.69, 9.17) is 9.72 Å². The molecule has 9 nitrogen and oxygen atoms in total. The Morgan fingerprint density at radius 1 is 1.09 bits per heavy atom. The summed E-state index contributed by atoms with van der Waals surface area (Å²) in [5.41, 5.74) is 4.01. The van der Waals surface area contributed by atoms with Crippen molar-refractivity contribution in [3.05, 3.63) is 57.7 Å². The van der Waals surface area contributed by atoms with Gasteiger partial charge in [0.05, 0.1) is 23.1 Å². The summed E-state index contributed by atoms with van der Waals surface area (Å²) in [4.78, 5) is 46.8. The van der Waals surface area contributed by atoms with Crippen molar-refractivity contribution in [3.8, 4) is 0 Å². The lowest BCUT2D eigenvalue weighted by Crippen LogP contribution is -2.42. The van der Waals surface area contributed by atoms with Gasteiger partial charge in [0, 0.05) is 37.2 Å². The first-order valence-corrected chi connectivity index (χ1v) is 12.4. The molecule has 0 N–H and O–H groups in total. The van der Waals surface area contributed by atoms with Crippen molar-refractivity contribution in [2.75, 3.05) is 13.1 Å². The number of rotatable bonds is 2. The molecule has 0 aromatic carbocycles. The van der Waals surface area contributed by atoms with E-state index in [0.29, 0.717) is 37.1 Å². The molecule has 1 atom stereocenters. The first kappa shape index (κ1) is 23.4. The van der Waals surface area contributed by atoms with Gasteiger partial charge >= 0.3 is 6.09 Å². The third kappa shape index (κ3) is 4.63. The van der Waals surface area contributed by atoms with Crippen LogP contribution in [0.4, 0.5) is 4.79 Å². The quantitative estimate of drug-likeness (QED) is 0.552. The summed E-state index contributed by atoms with van der Waals surface area (Å²) in [5.74, 6) is 0.0323. The van der Waals surface area contributed by atoms with E-state index >= 15 is 0 Å². The van der Waals surface area contributed by atoms with Gasteiger partial charge in [-0.2, -0.15) is 0 Å². The smallest absolute Gasteiger partial charge is 0.410 e. The minimum atomic E-state index is -0.532. The van der Waals surface area contributed by atoms with E-state index in [0.717, 1.165) is 41.9 Å². The van der Waals surface area contributed by atoms with Crippen LogP contribution in [-0.4, -0.2) is 54.2 Å². The van der Waals surface area contributed by atoms with Gasteiger partial charge in [0.2, 0.25) is 0 Å². The summed E-state index contributed by atoms with van der Waals surface area (Å²) in [6.45, 7) is 8.59. The molecular weight excluding hydrogens is 444 g/mol. The minimum Gasteiger partial charge on any atom is -0.444 e. The molecule has 1 fully saturated rings. The average molecular weight is 477 g/mol. The van der Waals surface area contributed by atoms with Crippen LogP contribution < -0.4 is 5.56 Å². The summed E-state index contributed by atoms with van der Waals surface area (Å²) in [5, 5.41) is 0. The van der Waals surface area contributed by atoms with E-state index < -0.39 is 5.60 Å². The molecule has 1 aliphatic heterocycles. The lowest BCUT2D eigenvalue weighted by atomic mass is 9.89. The van der Waals surface area contributed by atoms with Crippen LogP contribution in [0.25, 0.3) is 11.2 Å². The number of carbonyl (C=O) groups excluding carboxylic acids is 1. The van der Waals surface area contributed by atoms with Gasteiger partial charge in [-0.25, -0.2) is 9.78 Å². The summed E-state index contributed by atoms with van der Waals surface area (Å²) >= 11 is 0. The number of aromatic nitrogens is 5. The number of carbonyl (C=O) groups is 1. The molecule has 1 saturated heterocycles. The second-order valence-electron chi connectivity index (χ2n) is 10.5. The number of fused-ring (bicyclic) bond motifs is 2. The normalized spacial score (nSPS) is 19.0. The highest BCUT2D eigenvalue weighted by molar-refractivity contribution is 5.72. The summed E-state index contributed by atoms with van der Waals surface area (Å²) < 4.78 is 7.34. The molecule has 5 rings (SSSR count). The minimum absolute atomic E-state index is 0.0323. The molecule has 35 heavy (non-hydrogen) atoms. The molecule has 1 unspecified atom stereocenters. The van der Waals surface area contributed by atoms with Crippen molar-refractivity contribution in [1.29, 1.82) is 0 Å². The Kier molecular flexibility index (Phi) is 6.02. The van der Waals surface area contributed by atoms with Crippen LogP contribution in [0.1, 0.15) is 81.1 Å². The van der Waals surface area contributed by atoms with E-state index in [1.807, 2.05) is 33.8 Å². The molecule has 184 valence electrons. The number of hydrogen-bond donors (Lipinski definition) is 0. The van der Waals surface area contributed by atoms with Crippen LogP contribution in [-0.2, 0) is 11.2 Å². The number of nitrogens with zero attached hydrogens (tertiary/aromatic N) is 6. The molecule has 3 aromatic heterocycles. The van der Waals surface area contributed by atoms with E-state index in [1.165, 1.54) is 0 Å². The highest BCUT2D eigenvalue weighted by atomic mass is 16.6. The topological polar surface area (TPSA) is 103 Å². The number of ether oxygens (including phenoxy) is 1. The van der Waals surface area contributed by atoms with Crippen LogP contribution in [0.15, 0.2) is 29.5 Å². The molecule has 1 aliphatic carbocycles. The van der Waals surface area contributed by atoms with Crippen LogP contribution in [0, 0.1) is 6.92 Å². The highest BCUT2D eigenvalue weighted by Gasteiger charge is 2.32. The zero-order valence-corrected chi connectivity index (χ0v) is 20.8. The van der Waals surface area contributed by atoms with Gasteiger partial charge in [0.25, 0.3) is 5.56 Å². The monoisotopic (exact) mass is 476 g/mol. The van der Waals surface area contributed by atoms with Crippen molar-refractivity contribution in [2.45, 2.75) is 77.4 Å². The van der Waals surface area contributed by atoms with E-state index in [1.54, 1.807) is 28.1 Å². The molecule has 3 aromatic rings. The molecule has 9 heteroatoms. The van der Waals surface area contributed by atoms with Gasteiger partial charge in [0.15, 0.2) is 5.65 Å². The third-order valence-corrected chi connectivity index (χ3v) is 6.80. The Morgan fingerprint density at radius 2 is 1.83 bits per heavy atom. The van der Waals surface area contributed by atoms with Crippen molar-refractivity contribution in [3.63, 3.8) is 0 Å². The summed E-state index contributed by atoms with van der Waals surface area (Å²) in [6, 6.07) is 1.68. The third-order valence-electron chi connectivity index (χ3n) is 6.80. The fourth-order valence-electron chi connectivity index (χ4n) is 5.18. The predicted octanol–water partition coefficient (Wildman–Crippen LogP) is 3.93. The van der Waals surface area contributed by atoms with Crippen molar-refractivity contribution in [1.82, 2.24) is 29.4 Å². The van der Waals surface area contributed by atoms with Gasteiger partial charge in [-0.1, -0.05) is 0 Å². The molecular formula is C26H32N6O3. The highest BCUT2D eigenvalue weighted by Crippen LogP contribution is 2.33. The second kappa shape index (κ2) is 9.02. The maximum atomic E-state index is 14.0. The number of hydrogen-bond acceptors (Lipinski definition) is 7. The first-order valence-electron chi connectivity index (χ1n) is 12.4. The summed E-state index contributed by atoms with van der Waals surface area (Å²) in [7, 11) is 0. The lowest BCUT2D eigenvalue weighted by molar-refractivity contribution is 0.0204. The number of likely N-dealkylation sites (tertiary alicyclic amines) is 1. The van der Waals surface area contributed by atoms with Crippen molar-refractivity contribution < 1.29 is 9.53 Å². The van der Waals surface area contributed by atoms with Crippen molar-refractivity contribution >= 4 is 17.3 Å². The fraction of sp³-hybridized carbons (Fsp3) is 0.538. The average Bonchev–Trinajstić information content (AvgIpc) is 2.83. The van der Waals surface area contributed by atoms with Gasteiger partial charge in [-0.15, -0.1) is 0 Å². The van der Waals surface area contributed by atoms with Gasteiger partial charge in [-0.05, 0) is 71.8 Å². The Morgan fingerprint density at radius 3 is 2.57 bits per heavy atom. The van der Waals surface area contributed by atoms with Crippen LogP contribution in [0.5, 0.6) is 0 Å². The largest absolute Gasteiger partial charge is 0.444 e. The fourth-order valence-corrected chi connectivity index (χ4v) is 5.18. The maximum absolute atomic E-state index is 14.0. The number of pyridine rings is 1. The van der Waals surface area contributed by atoms with Crippen molar-refractivity contribution in [2.24, 2.45) is 0 Å². The maximum Gasteiger partial charge on any atom is 0.410 e. The zero-order chi connectivity index (χ0) is 24.7. The Labute approximate surface area is 204 Å². The van der Waals surface area contributed by atoms with Crippen LogP contribution in [0.2, 0.25) is 0 Å². The molecule has 4 heterocycles. The molecule has 2 aliphatic rings. The Bertz CT molecular complexity index is 1320. The van der Waals surface area contributed by atoms with Gasteiger partial charge in [0.1, 0.15) is 11.1 Å². The molecule has 0 saturated carbocycles. The molecule has 1 amide bonds. The van der Waals surface area contributed by atoms with Crippen LogP contribution in [0.3, 0.4) is 0 Å². The van der Waals surface area contributed by atoms with Crippen LogP contribution >= 0.6 is 0 Å². The van der Waals surface area contributed by atoms with Gasteiger partial charge < -0.3 is 9.64 Å². The number of aryl methyl sites for hydroxylation is 2. The second-order valence-corrected chi connectivity index (χ2v) is 10.5. The molecule has 0 radical (unpaired) electrons. The number of amides is 1. The first-order chi connectivity index (χ1) is 16.7. The van der Waals surface area contributed by atoms with E-state index in [-0.39, 0.29) is 23.6 Å². The zero-order valence-electron chi connectivity index (χ0n) is 20.8. The SMILES string of the molecule is Cc1cnc2cc(C3CCN(C(=O)OC(C)(C)C)CC3)c(=O)n(C3CCCc4nccnc43)c2n1. The lowest BCUT2D eigenvalue weighted by Gasteiger charge is -2.34. The van der Waals surface area contributed by atoms with Gasteiger partial charge in [-0.3, -0.25) is 24.3 Å². The number of piperidine rings is 1. The standard InChI is InChI=1S/C26H32N6O3/c1-16-15-29-20-14-18(17-8-12-31(13-9-17)25(34)35-26(2,3)4)24(33)32(23(20)30-16)21-7-5-6-19-22(21)28-11-10-27-19/h10-11,14-15,17,21H,5-9,12-13H2,1-4H3. The molecule has 0 spiro atoms. The van der Waals surface area contributed by atoms with E-state index in [9.17, 15) is 9.59 Å². The predicted molar refractivity (Wildman–Crippen MR) is 131 cm³/mol. The van der Waals surface area contributed by atoms with E-state index in [2.05, 4.69) is 15.0 Å². The Hall–Kier alpha value is -3.36. The summed E-state index contributed by atoms with van der Waals surface area (Å²) in [6.07, 6.45) is 8.82.